The lowest BCUT2D eigenvalue weighted by Crippen LogP contribution is -2.15. The molecule has 0 aliphatic rings. The standard InChI is InChI=1S/C26H29N2O2P/c1-3-5-17-31(30,18-6-4-2)24-14-12-22-20(10-8-16-28-22)26(24)25-19-9-7-15-27-21(19)11-13-23(25)29/h7-16,29H,3-6,17-18H2,1-2H3. The van der Waals surface area contributed by atoms with Crippen molar-refractivity contribution in [2.75, 3.05) is 12.3 Å². The minimum atomic E-state index is -2.67. The largest absolute Gasteiger partial charge is 0.507 e. The van der Waals surface area contributed by atoms with Crippen molar-refractivity contribution >= 4 is 34.3 Å². The van der Waals surface area contributed by atoms with Gasteiger partial charge in [0.15, 0.2) is 0 Å². The number of rotatable bonds is 8. The molecule has 160 valence electrons. The highest BCUT2D eigenvalue weighted by atomic mass is 31.2. The van der Waals surface area contributed by atoms with E-state index in [2.05, 4.69) is 23.8 Å². The van der Waals surface area contributed by atoms with Gasteiger partial charge >= 0.3 is 0 Å². The van der Waals surface area contributed by atoms with Crippen molar-refractivity contribution in [1.82, 2.24) is 9.97 Å². The minimum absolute atomic E-state index is 0.177. The maximum atomic E-state index is 14.5. The number of phenols is 1. The fourth-order valence-corrected chi connectivity index (χ4v) is 7.67. The van der Waals surface area contributed by atoms with E-state index < -0.39 is 7.14 Å². The molecule has 4 rings (SSSR count). The summed E-state index contributed by atoms with van der Waals surface area (Å²) >= 11 is 0. The number of fused-ring (bicyclic) bond motifs is 2. The van der Waals surface area contributed by atoms with Crippen LogP contribution in [0.3, 0.4) is 0 Å². The van der Waals surface area contributed by atoms with Crippen LogP contribution in [0.5, 0.6) is 5.75 Å². The first-order valence-corrected chi connectivity index (χ1v) is 13.2. The highest BCUT2D eigenvalue weighted by Crippen LogP contribution is 2.51. The molecule has 5 heteroatoms. The van der Waals surface area contributed by atoms with E-state index in [1.54, 1.807) is 18.5 Å². The lowest BCUT2D eigenvalue weighted by atomic mass is 9.96. The Morgan fingerprint density at radius 1 is 0.774 bits per heavy atom. The summed E-state index contributed by atoms with van der Waals surface area (Å²) in [4.78, 5) is 9.02. The molecule has 2 heterocycles. The zero-order valence-corrected chi connectivity index (χ0v) is 19.1. The quantitative estimate of drug-likeness (QED) is 0.313. The topological polar surface area (TPSA) is 63.1 Å². The van der Waals surface area contributed by atoms with Crippen molar-refractivity contribution in [3.8, 4) is 16.9 Å². The lowest BCUT2D eigenvalue weighted by Gasteiger charge is -2.24. The lowest BCUT2D eigenvalue weighted by molar-refractivity contribution is 0.478. The average molecular weight is 433 g/mol. The van der Waals surface area contributed by atoms with Crippen LogP contribution in [0.1, 0.15) is 39.5 Å². The summed E-state index contributed by atoms with van der Waals surface area (Å²) < 4.78 is 14.5. The van der Waals surface area contributed by atoms with Crippen molar-refractivity contribution in [1.29, 1.82) is 0 Å². The van der Waals surface area contributed by atoms with Crippen LogP contribution in [0.4, 0.5) is 0 Å². The van der Waals surface area contributed by atoms with E-state index in [1.165, 1.54) is 0 Å². The molecule has 0 saturated carbocycles. The van der Waals surface area contributed by atoms with Crippen molar-refractivity contribution in [3.63, 3.8) is 0 Å². The molecule has 0 bridgehead atoms. The highest BCUT2D eigenvalue weighted by Gasteiger charge is 2.29. The second-order valence-electron chi connectivity index (χ2n) is 8.10. The van der Waals surface area contributed by atoms with Gasteiger partial charge < -0.3 is 9.67 Å². The highest BCUT2D eigenvalue weighted by molar-refractivity contribution is 7.71. The predicted molar refractivity (Wildman–Crippen MR) is 131 cm³/mol. The fourth-order valence-electron chi connectivity index (χ4n) is 4.33. The Morgan fingerprint density at radius 2 is 1.32 bits per heavy atom. The van der Waals surface area contributed by atoms with E-state index in [1.807, 2.05) is 42.5 Å². The Balaban J connectivity index is 2.10. The monoisotopic (exact) mass is 432 g/mol. The van der Waals surface area contributed by atoms with E-state index in [-0.39, 0.29) is 5.75 Å². The Hall–Kier alpha value is -2.71. The molecule has 0 atom stereocenters. The van der Waals surface area contributed by atoms with Gasteiger partial charge in [-0.2, -0.15) is 0 Å². The number of aromatic nitrogens is 2. The Morgan fingerprint density at radius 3 is 1.90 bits per heavy atom. The number of nitrogens with zero attached hydrogens (tertiary/aromatic N) is 2. The van der Waals surface area contributed by atoms with Crippen molar-refractivity contribution in [2.24, 2.45) is 0 Å². The average Bonchev–Trinajstić information content (AvgIpc) is 2.81. The summed E-state index contributed by atoms with van der Waals surface area (Å²) in [5.74, 6) is 0.177. The SMILES string of the molecule is CCCCP(=O)(CCCC)c1ccc2ncccc2c1-c1c(O)ccc2ncccc12. The Kier molecular flexibility index (Phi) is 6.38. The van der Waals surface area contributed by atoms with Crippen molar-refractivity contribution in [3.05, 3.63) is 60.9 Å². The van der Waals surface area contributed by atoms with E-state index in [4.69, 9.17) is 0 Å². The molecule has 1 N–H and O–H groups in total. The molecular formula is C26H29N2O2P. The third-order valence-electron chi connectivity index (χ3n) is 5.96. The first kappa shape index (κ1) is 21.5. The van der Waals surface area contributed by atoms with Crippen LogP contribution < -0.4 is 5.30 Å². The van der Waals surface area contributed by atoms with Crippen LogP contribution in [0.15, 0.2) is 60.9 Å². The first-order valence-electron chi connectivity index (χ1n) is 11.1. The van der Waals surface area contributed by atoms with Crippen LogP contribution in [-0.2, 0) is 4.57 Å². The van der Waals surface area contributed by atoms with Gasteiger partial charge in [0.2, 0.25) is 0 Å². The Labute approximate surface area is 183 Å². The number of hydrogen-bond acceptors (Lipinski definition) is 4. The van der Waals surface area contributed by atoms with Gasteiger partial charge in [0.05, 0.1) is 11.0 Å². The molecule has 0 saturated heterocycles. The van der Waals surface area contributed by atoms with Gasteiger partial charge in [-0.25, -0.2) is 0 Å². The van der Waals surface area contributed by atoms with Crippen molar-refractivity contribution < 1.29 is 9.67 Å². The molecule has 2 aromatic carbocycles. The molecule has 0 radical (unpaired) electrons. The Bertz CT molecular complexity index is 1260. The van der Waals surface area contributed by atoms with E-state index in [0.29, 0.717) is 17.9 Å². The van der Waals surface area contributed by atoms with Gasteiger partial charge in [-0.05, 0) is 49.2 Å². The van der Waals surface area contributed by atoms with Gasteiger partial charge in [0, 0.05) is 51.9 Å². The third-order valence-corrected chi connectivity index (χ3v) is 9.29. The molecule has 2 aromatic heterocycles. The zero-order chi connectivity index (χ0) is 21.8. The molecule has 0 aliphatic carbocycles. The van der Waals surface area contributed by atoms with Gasteiger partial charge in [-0.1, -0.05) is 38.8 Å². The third kappa shape index (κ3) is 4.09. The van der Waals surface area contributed by atoms with Gasteiger partial charge in [-0.15, -0.1) is 0 Å². The summed E-state index contributed by atoms with van der Waals surface area (Å²) in [7, 11) is -2.67. The maximum absolute atomic E-state index is 14.5. The van der Waals surface area contributed by atoms with Gasteiger partial charge in [0.1, 0.15) is 12.9 Å². The second kappa shape index (κ2) is 9.20. The van der Waals surface area contributed by atoms with Crippen LogP contribution in [-0.4, -0.2) is 27.4 Å². The molecular weight excluding hydrogens is 403 g/mol. The van der Waals surface area contributed by atoms with Crippen LogP contribution in [0.25, 0.3) is 32.9 Å². The minimum Gasteiger partial charge on any atom is -0.507 e. The van der Waals surface area contributed by atoms with Crippen LogP contribution in [0.2, 0.25) is 0 Å². The number of aromatic hydroxyl groups is 1. The number of phenolic OH excluding ortho intramolecular Hbond substituents is 1. The summed E-state index contributed by atoms with van der Waals surface area (Å²) in [5.41, 5.74) is 3.18. The molecule has 31 heavy (non-hydrogen) atoms. The predicted octanol–water partition coefficient (Wildman–Crippen LogP) is 6.74. The molecule has 0 fully saturated rings. The summed E-state index contributed by atoms with van der Waals surface area (Å²) in [5, 5.41) is 13.7. The number of hydrogen-bond donors (Lipinski definition) is 1. The first-order chi connectivity index (χ1) is 15.1. The van der Waals surface area contributed by atoms with Gasteiger partial charge in [0.25, 0.3) is 0 Å². The summed E-state index contributed by atoms with van der Waals surface area (Å²) in [6.45, 7) is 4.27. The normalized spacial score (nSPS) is 11.9. The van der Waals surface area contributed by atoms with E-state index >= 15 is 0 Å². The molecule has 0 aliphatic heterocycles. The smallest absolute Gasteiger partial charge is 0.124 e. The fraction of sp³-hybridized carbons (Fsp3) is 0.308. The molecule has 4 aromatic rings. The second-order valence-corrected chi connectivity index (χ2v) is 11.3. The zero-order valence-electron chi connectivity index (χ0n) is 18.2. The molecule has 0 unspecified atom stereocenters. The number of unbranched alkanes of at least 4 members (excludes halogenated alkanes) is 2. The molecule has 0 spiro atoms. The number of pyridine rings is 2. The van der Waals surface area contributed by atoms with E-state index in [0.717, 1.165) is 58.4 Å². The van der Waals surface area contributed by atoms with Crippen LogP contribution >= 0.6 is 7.14 Å². The van der Waals surface area contributed by atoms with Gasteiger partial charge in [-0.3, -0.25) is 9.97 Å². The molecule has 0 amide bonds. The van der Waals surface area contributed by atoms with Crippen molar-refractivity contribution in [2.45, 2.75) is 39.5 Å². The number of benzene rings is 2. The van der Waals surface area contributed by atoms with E-state index in [9.17, 15) is 9.67 Å². The molecule has 4 nitrogen and oxygen atoms in total. The van der Waals surface area contributed by atoms with Crippen LogP contribution in [0, 0.1) is 0 Å². The maximum Gasteiger partial charge on any atom is 0.124 e. The summed E-state index contributed by atoms with van der Waals surface area (Å²) in [6, 6.07) is 15.2. The summed E-state index contributed by atoms with van der Waals surface area (Å²) in [6.07, 6.45) is 8.75.